The molecule has 0 heterocycles. The Labute approximate surface area is 182 Å². The summed E-state index contributed by atoms with van der Waals surface area (Å²) in [6.07, 6.45) is 0. The van der Waals surface area contributed by atoms with Crippen LogP contribution in [0.25, 0.3) is 0 Å². The van der Waals surface area contributed by atoms with Gasteiger partial charge in [0.1, 0.15) is 0 Å². The van der Waals surface area contributed by atoms with Crippen molar-refractivity contribution in [1.29, 1.82) is 0 Å². The number of carbonyl (C=O) groups excluding carboxylic acids is 1. The van der Waals surface area contributed by atoms with Crippen LogP contribution in [0.15, 0.2) is 89.8 Å². The smallest absolute Gasteiger partial charge is 0.268 e. The number of nitrogens with one attached hydrogen (secondary N) is 1. The van der Waals surface area contributed by atoms with Crippen LogP contribution in [-0.4, -0.2) is 34.1 Å². The largest absolute Gasteiger partial charge is 0.304 e. The molecule has 0 fully saturated rings. The topological polar surface area (TPSA) is 101 Å². The van der Waals surface area contributed by atoms with Gasteiger partial charge in [0, 0.05) is 19.2 Å². The summed E-state index contributed by atoms with van der Waals surface area (Å²) in [5.41, 5.74) is 1.21. The lowest BCUT2D eigenvalue weighted by Crippen LogP contribution is -2.41. The van der Waals surface area contributed by atoms with Crippen molar-refractivity contribution in [1.82, 2.24) is 9.03 Å². The van der Waals surface area contributed by atoms with Crippen LogP contribution in [0.5, 0.6) is 0 Å². The minimum absolute atomic E-state index is 0.0532. The number of hydrogen-bond acceptors (Lipinski definition) is 5. The predicted molar refractivity (Wildman–Crippen MR) is 118 cm³/mol. The molecule has 3 rings (SSSR count). The van der Waals surface area contributed by atoms with Crippen LogP contribution in [-0.2, 0) is 32.3 Å². The van der Waals surface area contributed by atoms with Gasteiger partial charge in [0.2, 0.25) is 0 Å². The summed E-state index contributed by atoms with van der Waals surface area (Å²) in [6, 6.07) is 22.9. The highest BCUT2D eigenvalue weighted by Crippen LogP contribution is 2.17. The second kappa shape index (κ2) is 9.42. The zero-order chi connectivity index (χ0) is 22.5. The molecule has 0 unspecified atom stereocenters. The molecule has 0 saturated heterocycles. The fourth-order valence-corrected chi connectivity index (χ4v) is 5.10. The zero-order valence-corrected chi connectivity index (χ0v) is 18.4. The standard InChI is InChI=1S/C22H22N2O5S2/c1-24(16-18-9-4-2-5-10-18)31(28,29)23-22(25)20-12-8-11-19(15-20)17-30(26,27)21-13-6-3-7-14-21/h2-15H,16-17H2,1H3,(H,23,25). The van der Waals surface area contributed by atoms with Gasteiger partial charge in [0.15, 0.2) is 9.84 Å². The Balaban J connectivity index is 1.72. The van der Waals surface area contributed by atoms with Crippen LogP contribution in [0, 0.1) is 0 Å². The molecule has 3 aromatic carbocycles. The molecule has 0 spiro atoms. The van der Waals surface area contributed by atoms with Gasteiger partial charge < -0.3 is 0 Å². The van der Waals surface area contributed by atoms with Gasteiger partial charge in [0.05, 0.1) is 10.6 Å². The van der Waals surface area contributed by atoms with Gasteiger partial charge >= 0.3 is 10.2 Å². The average molecular weight is 459 g/mol. The summed E-state index contributed by atoms with van der Waals surface area (Å²) in [5, 5.41) is 0. The Morgan fingerprint density at radius 1 is 0.806 bits per heavy atom. The normalized spacial score (nSPS) is 11.9. The van der Waals surface area contributed by atoms with E-state index in [1.807, 2.05) is 10.8 Å². The highest BCUT2D eigenvalue weighted by atomic mass is 32.2. The third-order valence-electron chi connectivity index (χ3n) is 4.53. The van der Waals surface area contributed by atoms with E-state index in [4.69, 9.17) is 0 Å². The molecule has 31 heavy (non-hydrogen) atoms. The number of carbonyl (C=O) groups is 1. The lowest BCUT2D eigenvalue weighted by Gasteiger charge is -2.17. The van der Waals surface area contributed by atoms with Gasteiger partial charge in [0.25, 0.3) is 5.91 Å². The Morgan fingerprint density at radius 3 is 2.03 bits per heavy atom. The molecule has 0 saturated carbocycles. The number of nitrogens with zero attached hydrogens (tertiary/aromatic N) is 1. The van der Waals surface area contributed by atoms with Crippen molar-refractivity contribution in [2.45, 2.75) is 17.2 Å². The highest BCUT2D eigenvalue weighted by molar-refractivity contribution is 7.90. The number of benzene rings is 3. The maximum absolute atomic E-state index is 12.6. The van der Waals surface area contributed by atoms with E-state index in [1.54, 1.807) is 48.5 Å². The molecule has 1 N–H and O–H groups in total. The predicted octanol–water partition coefficient (Wildman–Crippen LogP) is 2.77. The lowest BCUT2D eigenvalue weighted by molar-refractivity contribution is 0.0979. The van der Waals surface area contributed by atoms with Gasteiger partial charge in [-0.25, -0.2) is 13.1 Å². The first-order valence-corrected chi connectivity index (χ1v) is 12.5. The van der Waals surface area contributed by atoms with Crippen LogP contribution >= 0.6 is 0 Å². The molecular weight excluding hydrogens is 436 g/mol. The van der Waals surface area contributed by atoms with Gasteiger partial charge in [-0.05, 0) is 35.4 Å². The van der Waals surface area contributed by atoms with Crippen molar-refractivity contribution >= 4 is 26.0 Å². The van der Waals surface area contributed by atoms with Crippen molar-refractivity contribution < 1.29 is 21.6 Å². The number of rotatable bonds is 8. The summed E-state index contributed by atoms with van der Waals surface area (Å²) in [6.45, 7) is 0.0960. The number of sulfone groups is 1. The van der Waals surface area contributed by atoms with Crippen molar-refractivity contribution in [3.8, 4) is 0 Å². The van der Waals surface area contributed by atoms with Crippen LogP contribution in [0.4, 0.5) is 0 Å². The number of hydrogen-bond donors (Lipinski definition) is 1. The van der Waals surface area contributed by atoms with Crippen LogP contribution < -0.4 is 4.72 Å². The maximum atomic E-state index is 12.6. The van der Waals surface area contributed by atoms with Crippen molar-refractivity contribution in [2.75, 3.05) is 7.05 Å². The van der Waals surface area contributed by atoms with Crippen molar-refractivity contribution in [3.63, 3.8) is 0 Å². The van der Waals surface area contributed by atoms with Gasteiger partial charge in [-0.15, -0.1) is 0 Å². The maximum Gasteiger partial charge on any atom is 0.304 e. The fraction of sp³-hybridized carbons (Fsp3) is 0.136. The molecular formula is C22H22N2O5S2. The second-order valence-corrected chi connectivity index (χ2v) is 10.7. The van der Waals surface area contributed by atoms with Crippen LogP contribution in [0.2, 0.25) is 0 Å². The summed E-state index contributed by atoms with van der Waals surface area (Å²) in [4.78, 5) is 12.7. The Bertz CT molecular complexity index is 1260. The molecule has 0 aliphatic heterocycles. The van der Waals surface area contributed by atoms with Crippen molar-refractivity contribution in [3.05, 3.63) is 102 Å². The molecule has 0 aromatic heterocycles. The van der Waals surface area contributed by atoms with E-state index in [0.717, 1.165) is 9.87 Å². The van der Waals surface area contributed by atoms with Gasteiger partial charge in [-0.2, -0.15) is 12.7 Å². The third kappa shape index (κ3) is 6.00. The van der Waals surface area contributed by atoms with Gasteiger partial charge in [-0.1, -0.05) is 60.7 Å². The Morgan fingerprint density at radius 2 is 1.39 bits per heavy atom. The minimum atomic E-state index is -4.08. The molecule has 3 aromatic rings. The van der Waals surface area contributed by atoms with E-state index >= 15 is 0 Å². The summed E-state index contributed by atoms with van der Waals surface area (Å²) in [7, 11) is -6.31. The Kier molecular flexibility index (Phi) is 6.89. The average Bonchev–Trinajstić information content (AvgIpc) is 2.74. The first-order valence-electron chi connectivity index (χ1n) is 9.36. The van der Waals surface area contributed by atoms with Crippen LogP contribution in [0.3, 0.4) is 0 Å². The first-order chi connectivity index (χ1) is 14.7. The highest BCUT2D eigenvalue weighted by Gasteiger charge is 2.22. The first kappa shape index (κ1) is 22.7. The van der Waals surface area contributed by atoms with E-state index in [0.29, 0.717) is 5.56 Å². The summed E-state index contributed by atoms with van der Waals surface area (Å²) >= 11 is 0. The molecule has 0 aliphatic carbocycles. The second-order valence-electron chi connectivity index (χ2n) is 6.95. The van der Waals surface area contributed by atoms with Gasteiger partial charge in [-0.3, -0.25) is 4.79 Å². The van der Waals surface area contributed by atoms with E-state index in [2.05, 4.69) is 0 Å². The molecule has 9 heteroatoms. The molecule has 0 aliphatic rings. The van der Waals surface area contributed by atoms with E-state index < -0.39 is 26.0 Å². The van der Waals surface area contributed by atoms with Crippen molar-refractivity contribution in [2.24, 2.45) is 0 Å². The Hall–Kier alpha value is -3.01. The lowest BCUT2D eigenvalue weighted by atomic mass is 10.1. The monoisotopic (exact) mass is 458 g/mol. The summed E-state index contributed by atoms with van der Waals surface area (Å²) < 4.78 is 53.2. The number of amides is 1. The molecule has 7 nitrogen and oxygen atoms in total. The molecule has 0 atom stereocenters. The van der Waals surface area contributed by atoms with E-state index in [9.17, 15) is 21.6 Å². The summed E-state index contributed by atoms with van der Waals surface area (Å²) in [5.74, 6) is -1.14. The molecule has 0 radical (unpaired) electrons. The van der Waals surface area contributed by atoms with E-state index in [-0.39, 0.29) is 22.8 Å². The van der Waals surface area contributed by atoms with E-state index in [1.165, 1.54) is 37.4 Å². The molecule has 0 bridgehead atoms. The zero-order valence-electron chi connectivity index (χ0n) is 16.8. The SMILES string of the molecule is CN(Cc1ccccc1)S(=O)(=O)NC(=O)c1cccc(CS(=O)(=O)c2ccccc2)c1. The molecule has 1 amide bonds. The minimum Gasteiger partial charge on any atom is -0.268 e. The van der Waals surface area contributed by atoms with Crippen LogP contribution in [0.1, 0.15) is 21.5 Å². The molecule has 162 valence electrons. The third-order valence-corrected chi connectivity index (χ3v) is 7.63. The fourth-order valence-electron chi connectivity index (χ4n) is 2.91. The quantitative estimate of drug-likeness (QED) is 0.559.